The van der Waals surface area contributed by atoms with Crippen LogP contribution in [0.1, 0.15) is 228 Å². The number of aryl methyl sites for hydroxylation is 2. The molecule has 482 valence electrons. The van der Waals surface area contributed by atoms with E-state index in [1.807, 2.05) is 12.1 Å². The smallest absolute Gasteiger partial charge is 0.150 e. The topological polar surface area (TPSA) is 26.9 Å². The van der Waals surface area contributed by atoms with Gasteiger partial charge in [-0.25, -0.2) is 0 Å². The van der Waals surface area contributed by atoms with E-state index >= 15 is 0 Å². The average Bonchev–Trinajstić information content (AvgIpc) is 1.66. The molecule has 0 amide bonds. The maximum absolute atomic E-state index is 11.3. The Morgan fingerprint density at radius 1 is 0.352 bits per heavy atom. The normalized spacial score (nSPS) is 11.8. The second-order valence-electron chi connectivity index (χ2n) is 25.4. The Morgan fingerprint density at radius 3 is 1.09 bits per heavy atom. The molecule has 2 heterocycles. The number of hydrogen-bond acceptors (Lipinski definition) is 1. The molecule has 10 aromatic rings. The van der Waals surface area contributed by atoms with Gasteiger partial charge in [0, 0.05) is 73.0 Å². The van der Waals surface area contributed by atoms with Crippen LogP contribution in [0.25, 0.3) is 65.9 Å². The number of carbonyl (C=O) groups is 1. The molecular weight excluding hydrogens is 1450 g/mol. The zero-order valence-electron chi connectivity index (χ0n) is 55.9. The van der Waals surface area contributed by atoms with E-state index in [0.29, 0.717) is 0 Å². The summed E-state index contributed by atoms with van der Waals surface area (Å²) in [5.74, 6) is 0. The molecule has 12 rings (SSSR count). The fourth-order valence-electron chi connectivity index (χ4n) is 13.8. The molecule has 2 aliphatic rings. The van der Waals surface area contributed by atoms with Gasteiger partial charge in [0.15, 0.2) is 0 Å². The van der Waals surface area contributed by atoms with E-state index in [4.69, 9.17) is 1.37 Å². The number of nitrogens with zero attached hydrogens (tertiary/aromatic N) is 2. The highest BCUT2D eigenvalue weighted by molar-refractivity contribution is 14.1. The molecule has 91 heavy (non-hydrogen) atoms. The summed E-state index contributed by atoms with van der Waals surface area (Å²) in [6, 6.07) is 61.3. The molecule has 0 spiro atoms. The summed E-state index contributed by atoms with van der Waals surface area (Å²) >= 11 is 7.17. The molecule has 0 aliphatic heterocycles. The highest BCUT2D eigenvalue weighted by Gasteiger charge is 2.19. The van der Waals surface area contributed by atoms with Crippen LogP contribution in [0.2, 0.25) is 0 Å². The minimum absolute atomic E-state index is 0.756. The van der Waals surface area contributed by atoms with Crippen molar-refractivity contribution in [3.63, 3.8) is 0 Å². The molecule has 0 bridgehead atoms. The molecule has 7 heteroatoms. The number of rotatable bonds is 31. The highest BCUT2D eigenvalue weighted by atomic mass is 127. The number of halogens is 4. The van der Waals surface area contributed by atoms with Crippen LogP contribution >= 0.6 is 67.8 Å². The van der Waals surface area contributed by atoms with E-state index in [-0.39, 0.29) is 0 Å². The average molecular weight is 1560 g/mol. The van der Waals surface area contributed by atoms with Gasteiger partial charge in [-0.15, -0.1) is 0 Å². The maximum atomic E-state index is 11.3. The Balaban J connectivity index is 0.000000165. The van der Waals surface area contributed by atoms with Crippen LogP contribution in [-0.4, -0.2) is 22.6 Å². The van der Waals surface area contributed by atoms with Crippen molar-refractivity contribution in [1.82, 2.24) is 9.13 Å². The van der Waals surface area contributed by atoms with Gasteiger partial charge in [0.2, 0.25) is 0 Å². The van der Waals surface area contributed by atoms with Gasteiger partial charge in [0.25, 0.3) is 0 Å². The molecule has 8 aromatic carbocycles. The standard InChI is InChI=1S/C29H40INO.C28H40IN.C13H9I.C13H10.CH3F/c1-2-3-4-5-6-7-8-9-10-11-12-13-14-15-20-31-28-18-16-24(23-32)21-26(28)27-22-25(30)17-19-29(27)31;1-2-3-4-5-6-7-8-9-10-11-12-13-14-17-22-30-27-19-16-15-18-25(27)26-23-24(29)20-21-28(26)30;14-11-6-5-10-7-9-3-1-2-4-12(9)13(10)8-11;1-3-7-12-10(5-1)9-11-6-2-4-8-13(11)12;1-2/h16-19,21-23H,2-15,20H2,1H3;15-16,18-21,23H,2-14,17,22H2,1H3;1-6,8H,7H2;1-8H,9H2;1H3/i;;;;1D. The molecule has 0 saturated heterocycles. The Morgan fingerprint density at radius 2 is 0.659 bits per heavy atom. The van der Waals surface area contributed by atoms with Crippen LogP contribution in [0, 0.1) is 10.7 Å². The van der Waals surface area contributed by atoms with Crippen LogP contribution in [0.3, 0.4) is 0 Å². The zero-order chi connectivity index (χ0) is 64.5. The second kappa shape index (κ2) is 40.4. The minimum atomic E-state index is -1.00. The van der Waals surface area contributed by atoms with E-state index in [1.54, 1.807) is 0 Å². The maximum Gasteiger partial charge on any atom is 0.150 e. The summed E-state index contributed by atoms with van der Waals surface area (Å²) in [7, 11) is -1.00. The summed E-state index contributed by atoms with van der Waals surface area (Å²) in [6.07, 6.45) is 42.5. The summed E-state index contributed by atoms with van der Waals surface area (Å²) in [4.78, 5) is 11.3. The first-order chi connectivity index (χ1) is 45.3. The minimum Gasteiger partial charge on any atom is -0.340 e. The van der Waals surface area contributed by atoms with Crippen LogP contribution in [0.5, 0.6) is 0 Å². The van der Waals surface area contributed by atoms with Crippen molar-refractivity contribution in [2.24, 2.45) is 0 Å². The van der Waals surface area contributed by atoms with Crippen molar-refractivity contribution in [2.45, 2.75) is 220 Å². The molecule has 2 aromatic heterocycles. The third-order valence-corrected chi connectivity index (χ3v) is 20.7. The van der Waals surface area contributed by atoms with Crippen LogP contribution in [0.15, 0.2) is 170 Å². The van der Waals surface area contributed by atoms with Gasteiger partial charge < -0.3 is 9.13 Å². The number of hydrogen-bond donors (Lipinski definition) is 0. The molecule has 0 radical (unpaired) electrons. The van der Waals surface area contributed by atoms with E-state index in [1.165, 1.54) is 279 Å². The lowest BCUT2D eigenvalue weighted by Crippen LogP contribution is -1.98. The van der Waals surface area contributed by atoms with E-state index in [2.05, 4.69) is 248 Å². The zero-order valence-corrected chi connectivity index (χ0v) is 61.4. The van der Waals surface area contributed by atoms with Crippen LogP contribution < -0.4 is 0 Å². The Bertz CT molecular complexity index is 3760. The summed E-state index contributed by atoms with van der Waals surface area (Å²) < 4.78 is 24.4. The molecule has 0 atom stereocenters. The number of carbonyl (C=O) groups excluding carboxylic acids is 1. The van der Waals surface area contributed by atoms with Gasteiger partial charge in [-0.1, -0.05) is 278 Å². The number of fused-ring (bicyclic) bond motifs is 12. The van der Waals surface area contributed by atoms with Gasteiger partial charge in [-0.05, 0) is 211 Å². The third-order valence-electron chi connectivity index (χ3n) is 18.7. The van der Waals surface area contributed by atoms with Crippen molar-refractivity contribution in [2.75, 3.05) is 7.15 Å². The molecular formula is C84H102FI3N2O. The number of alkyl halides is 1. The first-order valence-corrected chi connectivity index (χ1v) is 38.2. The predicted molar refractivity (Wildman–Crippen MR) is 419 cm³/mol. The van der Waals surface area contributed by atoms with Gasteiger partial charge in [-0.3, -0.25) is 9.18 Å². The van der Waals surface area contributed by atoms with E-state index in [0.717, 1.165) is 37.8 Å². The van der Waals surface area contributed by atoms with E-state index in [9.17, 15) is 9.18 Å². The number of para-hydroxylation sites is 1. The van der Waals surface area contributed by atoms with E-state index < -0.39 is 7.15 Å². The Labute approximate surface area is 589 Å². The highest BCUT2D eigenvalue weighted by Crippen LogP contribution is 2.39. The van der Waals surface area contributed by atoms with Crippen LogP contribution in [0.4, 0.5) is 4.39 Å². The SMILES string of the molecule is CCCCCCCCCCCCCCCCn1c2ccc(I)cc2c2cc(C=O)ccc21.CCCCCCCCCCCCCCCCn1c2ccccc2c2cc(I)ccc21.Ic1ccc2c(c1)-c1ccccc1C2.[2H]CF.c1ccc2c(c1)Cc1ccccc1-2. The van der Waals surface area contributed by atoms with Gasteiger partial charge in [-0.2, -0.15) is 0 Å². The van der Waals surface area contributed by atoms with Gasteiger partial charge in [0.1, 0.15) is 6.29 Å². The lowest BCUT2D eigenvalue weighted by atomic mass is 10.0. The number of unbranched alkanes of at least 4 members (excludes halogenated alkanes) is 26. The largest absolute Gasteiger partial charge is 0.340 e. The molecule has 0 N–H and O–H groups in total. The molecule has 2 aliphatic carbocycles. The van der Waals surface area contributed by atoms with Crippen LogP contribution in [-0.2, 0) is 25.9 Å². The number of aromatic nitrogens is 2. The van der Waals surface area contributed by atoms with Crippen molar-refractivity contribution in [3.05, 3.63) is 208 Å². The van der Waals surface area contributed by atoms with Gasteiger partial charge in [0.05, 0.1) is 8.52 Å². The monoisotopic (exact) mass is 1560 g/mol. The van der Waals surface area contributed by atoms with Crippen molar-refractivity contribution in [1.29, 1.82) is 0 Å². The predicted octanol–water partition coefficient (Wildman–Crippen LogP) is 27.3. The van der Waals surface area contributed by atoms with Gasteiger partial charge >= 0.3 is 0 Å². The Kier molecular flexibility index (Phi) is 31.3. The summed E-state index contributed by atoms with van der Waals surface area (Å²) in [5, 5.41) is 5.27. The number of benzene rings is 8. The second-order valence-corrected chi connectivity index (χ2v) is 29.1. The Hall–Kier alpha value is -4.85. The first-order valence-electron chi connectivity index (χ1n) is 35.7. The lowest BCUT2D eigenvalue weighted by Gasteiger charge is -2.08. The molecule has 3 nitrogen and oxygen atoms in total. The third kappa shape index (κ3) is 21.6. The molecule has 0 fully saturated rings. The van der Waals surface area contributed by atoms with Crippen molar-refractivity contribution < 1.29 is 10.6 Å². The first kappa shape index (κ1) is 70.5. The summed E-state index contributed by atoms with van der Waals surface area (Å²) in [6.45, 7) is 6.78. The van der Waals surface area contributed by atoms with Crippen molar-refractivity contribution in [3.8, 4) is 22.3 Å². The quantitative estimate of drug-likeness (QED) is 0.0242. The number of aldehydes is 1. The van der Waals surface area contributed by atoms with Crippen molar-refractivity contribution >= 4 is 118 Å². The summed E-state index contributed by atoms with van der Waals surface area (Å²) in [5.41, 5.74) is 17.6. The molecule has 0 unspecified atom stereocenters. The fraction of sp³-hybridized carbons (Fsp3) is 0.417. The molecule has 0 saturated carbocycles. The fourth-order valence-corrected chi connectivity index (χ4v) is 15.3. The lowest BCUT2D eigenvalue weighted by molar-refractivity contribution is 0.112.